The van der Waals surface area contributed by atoms with Crippen molar-refractivity contribution in [1.29, 1.82) is 0 Å². The highest BCUT2D eigenvalue weighted by atomic mass is 31.2. The molecule has 1 heterocycles. The van der Waals surface area contributed by atoms with Gasteiger partial charge in [0.2, 0.25) is 0 Å². The fraction of sp³-hybridized carbons (Fsp3) is 0.400. The topological polar surface area (TPSA) is 155 Å². The molecule has 5 N–H and O–H groups in total. The third-order valence-electron chi connectivity index (χ3n) is 6.19. The van der Waals surface area contributed by atoms with Crippen LogP contribution in [-0.4, -0.2) is 57.4 Å². The first-order valence-electron chi connectivity index (χ1n) is 11.7. The van der Waals surface area contributed by atoms with Gasteiger partial charge in [-0.25, -0.2) is 9.79 Å². The Morgan fingerprint density at radius 3 is 2.42 bits per heavy atom. The Labute approximate surface area is 210 Å². The fourth-order valence-corrected chi connectivity index (χ4v) is 4.74. The molecule has 1 aliphatic heterocycles. The van der Waals surface area contributed by atoms with E-state index in [1.807, 2.05) is 51.1 Å². The largest absolute Gasteiger partial charge is 0.450 e. The molecule has 0 radical (unpaired) electrons. The van der Waals surface area contributed by atoms with E-state index in [-0.39, 0.29) is 37.7 Å². The molecule has 0 saturated heterocycles. The molecule has 2 aromatic rings. The molecule has 2 aromatic carbocycles. The maximum absolute atomic E-state index is 12.8. The monoisotopic (exact) mass is 516 g/mol. The van der Waals surface area contributed by atoms with E-state index in [4.69, 9.17) is 20.3 Å². The van der Waals surface area contributed by atoms with Crippen molar-refractivity contribution in [2.45, 2.75) is 45.7 Å². The number of nitrogens with two attached hydrogens (primary N) is 1. The Bertz CT molecular complexity index is 1210. The lowest BCUT2D eigenvalue weighted by Crippen LogP contribution is -2.56. The minimum Gasteiger partial charge on any atom is -0.450 e. The van der Waals surface area contributed by atoms with E-state index in [9.17, 15) is 14.2 Å². The summed E-state index contributed by atoms with van der Waals surface area (Å²) in [6.07, 6.45) is -0.540. The molecule has 0 aliphatic carbocycles. The van der Waals surface area contributed by atoms with E-state index >= 15 is 0 Å². The van der Waals surface area contributed by atoms with Gasteiger partial charge in [0.1, 0.15) is 5.84 Å². The van der Waals surface area contributed by atoms with Crippen LogP contribution in [0, 0.1) is 0 Å². The Balaban J connectivity index is 1.82. The van der Waals surface area contributed by atoms with Crippen LogP contribution in [0.15, 0.2) is 47.5 Å². The van der Waals surface area contributed by atoms with Crippen molar-refractivity contribution < 1.29 is 28.7 Å². The van der Waals surface area contributed by atoms with Crippen LogP contribution < -0.4 is 11.1 Å². The van der Waals surface area contributed by atoms with Gasteiger partial charge in [0, 0.05) is 17.7 Å². The van der Waals surface area contributed by atoms with E-state index in [1.165, 1.54) is 0 Å². The molecule has 194 valence electrons. The van der Waals surface area contributed by atoms with Gasteiger partial charge in [-0.1, -0.05) is 24.3 Å². The Morgan fingerprint density at radius 1 is 1.17 bits per heavy atom. The van der Waals surface area contributed by atoms with Crippen LogP contribution in [0.25, 0.3) is 11.1 Å². The summed E-state index contributed by atoms with van der Waals surface area (Å²) >= 11 is 0. The smallest absolute Gasteiger partial charge is 0.411 e. The van der Waals surface area contributed by atoms with Crippen LogP contribution >= 0.6 is 7.60 Å². The van der Waals surface area contributed by atoms with Crippen LogP contribution in [0.1, 0.15) is 56.1 Å². The van der Waals surface area contributed by atoms with E-state index in [0.717, 1.165) is 16.7 Å². The molecule has 10 nitrogen and oxygen atoms in total. The summed E-state index contributed by atoms with van der Waals surface area (Å²) in [6.45, 7) is 7.77. The van der Waals surface area contributed by atoms with Gasteiger partial charge >= 0.3 is 13.7 Å². The van der Waals surface area contributed by atoms with Crippen molar-refractivity contribution in [2.75, 3.05) is 19.3 Å². The fourth-order valence-electron chi connectivity index (χ4n) is 4.17. The van der Waals surface area contributed by atoms with Crippen molar-refractivity contribution in [3.8, 4) is 11.1 Å². The molecule has 0 fully saturated rings. The van der Waals surface area contributed by atoms with Gasteiger partial charge in [-0.05, 0) is 63.4 Å². The lowest BCUT2D eigenvalue weighted by Gasteiger charge is -2.39. The number of carbonyl (C=O) groups excluding carboxylic acids is 2. The van der Waals surface area contributed by atoms with Crippen molar-refractivity contribution in [1.82, 2.24) is 10.2 Å². The molecule has 36 heavy (non-hydrogen) atoms. The summed E-state index contributed by atoms with van der Waals surface area (Å²) in [7, 11) is -4.07. The van der Waals surface area contributed by atoms with Crippen LogP contribution in [0.3, 0.4) is 0 Å². The van der Waals surface area contributed by atoms with Gasteiger partial charge in [-0.2, -0.15) is 0 Å². The molecule has 3 rings (SSSR count). The zero-order chi connectivity index (χ0) is 26.7. The van der Waals surface area contributed by atoms with Crippen molar-refractivity contribution in [3.05, 3.63) is 53.6 Å². The molecule has 1 unspecified atom stereocenters. The van der Waals surface area contributed by atoms with Gasteiger partial charge in [-0.15, -0.1) is 0 Å². The normalized spacial score (nSPS) is 17.0. The molecule has 2 amide bonds. The first-order valence-corrected chi connectivity index (χ1v) is 13.5. The Morgan fingerprint density at radius 2 is 1.81 bits per heavy atom. The molecule has 0 bridgehead atoms. The highest BCUT2D eigenvalue weighted by Gasteiger charge is 2.42. The molecular weight excluding hydrogens is 483 g/mol. The molecule has 0 saturated carbocycles. The zero-order valence-corrected chi connectivity index (χ0v) is 21.8. The number of benzene rings is 2. The second kappa shape index (κ2) is 10.8. The number of fused-ring (bicyclic) bond motifs is 1. The summed E-state index contributed by atoms with van der Waals surface area (Å²) in [5.74, 6) is -0.0225. The number of aliphatic imine (C=N–C) groups is 1. The van der Waals surface area contributed by atoms with Crippen molar-refractivity contribution in [2.24, 2.45) is 10.7 Å². The molecule has 11 heteroatoms. The van der Waals surface area contributed by atoms with Gasteiger partial charge in [0.05, 0.1) is 30.0 Å². The van der Waals surface area contributed by atoms with E-state index in [2.05, 4.69) is 10.3 Å². The maximum atomic E-state index is 12.8. The third kappa shape index (κ3) is 6.13. The van der Waals surface area contributed by atoms with E-state index in [0.29, 0.717) is 17.1 Å². The summed E-state index contributed by atoms with van der Waals surface area (Å²) in [5.41, 5.74) is 9.15. The zero-order valence-electron chi connectivity index (χ0n) is 20.9. The second-order valence-corrected chi connectivity index (χ2v) is 10.9. The van der Waals surface area contributed by atoms with Crippen LogP contribution in [-0.2, 0) is 9.30 Å². The molecule has 0 spiro atoms. The number of nitrogens with zero attached hydrogens (tertiary/aromatic N) is 2. The number of rotatable bonds is 7. The number of amidine groups is 1. The quantitative estimate of drug-likeness (QED) is 0.321. The second-order valence-electron chi connectivity index (χ2n) is 9.15. The molecule has 0 aromatic heterocycles. The standard InChI is InChI=1S/C25H33N4O6P/c1-5-35-24(31)29-16(2)20-12-11-19(15-21(20)28-23(26)25(29,3)4)17-7-9-18(10-8-17)22(30)27-13-6-14-36(32,33)34/h7-12,15-16H,5-6,13-14H2,1-4H3,(H2,26,28)(H,27,30)(H2,32,33,34). The SMILES string of the molecule is CCOC(=O)N1C(C)c2ccc(-c3ccc(C(=O)NCCCP(=O)(O)O)cc3)cc2N=C(N)C1(C)C. The predicted octanol–water partition coefficient (Wildman–Crippen LogP) is 3.95. The molecular formula is C25H33N4O6P. The summed E-state index contributed by atoms with van der Waals surface area (Å²) in [5, 5.41) is 2.66. The van der Waals surface area contributed by atoms with Crippen LogP contribution in [0.4, 0.5) is 10.5 Å². The summed E-state index contributed by atoms with van der Waals surface area (Å²) < 4.78 is 16.2. The van der Waals surface area contributed by atoms with Crippen molar-refractivity contribution in [3.63, 3.8) is 0 Å². The first kappa shape index (κ1) is 27.4. The minimum atomic E-state index is -4.07. The lowest BCUT2D eigenvalue weighted by molar-refractivity contribution is 0.0661. The molecule has 1 aliphatic rings. The van der Waals surface area contributed by atoms with Crippen molar-refractivity contribution >= 4 is 31.1 Å². The van der Waals surface area contributed by atoms with Gasteiger partial charge in [0.25, 0.3) is 5.91 Å². The summed E-state index contributed by atoms with van der Waals surface area (Å²) in [4.78, 5) is 49.2. The highest BCUT2D eigenvalue weighted by molar-refractivity contribution is 7.51. The predicted molar refractivity (Wildman–Crippen MR) is 138 cm³/mol. The number of amides is 2. The maximum Gasteiger partial charge on any atom is 0.411 e. The number of nitrogens with one attached hydrogen (secondary N) is 1. The van der Waals surface area contributed by atoms with Gasteiger partial charge < -0.3 is 25.6 Å². The number of ether oxygens (including phenoxy) is 1. The number of hydrogen-bond acceptors (Lipinski definition) is 6. The van der Waals surface area contributed by atoms with Crippen LogP contribution in [0.2, 0.25) is 0 Å². The average molecular weight is 517 g/mol. The Kier molecular flexibility index (Phi) is 8.23. The van der Waals surface area contributed by atoms with Gasteiger partial charge in [-0.3, -0.25) is 14.3 Å². The van der Waals surface area contributed by atoms with E-state index in [1.54, 1.807) is 24.0 Å². The number of hydrogen-bond donors (Lipinski definition) is 4. The highest BCUT2D eigenvalue weighted by Crippen LogP contribution is 2.40. The van der Waals surface area contributed by atoms with Gasteiger partial charge in [0.15, 0.2) is 0 Å². The third-order valence-corrected chi connectivity index (χ3v) is 7.09. The minimum absolute atomic E-state index is 0.174. The summed E-state index contributed by atoms with van der Waals surface area (Å²) in [6, 6.07) is 12.4. The average Bonchev–Trinajstić information content (AvgIpc) is 2.87. The lowest BCUT2D eigenvalue weighted by atomic mass is 9.96. The first-order chi connectivity index (χ1) is 16.8. The molecule has 1 atom stereocenters. The van der Waals surface area contributed by atoms with Crippen LogP contribution in [0.5, 0.6) is 0 Å². The van der Waals surface area contributed by atoms with E-state index < -0.39 is 19.2 Å². The Hall–Kier alpha value is -3.20. The number of carbonyl (C=O) groups is 2.